The van der Waals surface area contributed by atoms with Gasteiger partial charge in [0.05, 0.1) is 18.1 Å². The normalized spacial score (nSPS) is 15.3. The van der Waals surface area contributed by atoms with E-state index in [2.05, 4.69) is 4.90 Å². The number of hydrogen-bond acceptors (Lipinski definition) is 5. The van der Waals surface area contributed by atoms with Crippen LogP contribution in [0.15, 0.2) is 57.7 Å². The molecular formula is C27H33NO4. The third-order valence-electron chi connectivity index (χ3n) is 6.34. The maximum atomic E-state index is 12.6. The molecule has 0 spiro atoms. The largest absolute Gasteiger partial charge is 0.493 e. The fourth-order valence-corrected chi connectivity index (χ4v) is 4.35. The third kappa shape index (κ3) is 5.59. The van der Waals surface area contributed by atoms with Crippen molar-refractivity contribution in [2.24, 2.45) is 0 Å². The van der Waals surface area contributed by atoms with E-state index in [0.717, 1.165) is 62.2 Å². The summed E-state index contributed by atoms with van der Waals surface area (Å²) >= 11 is 0. The molecule has 0 amide bonds. The Morgan fingerprint density at radius 1 is 1.03 bits per heavy atom. The van der Waals surface area contributed by atoms with Gasteiger partial charge < -0.3 is 19.2 Å². The van der Waals surface area contributed by atoms with E-state index < -0.39 is 0 Å². The number of rotatable bonds is 9. The molecule has 2 heterocycles. The number of fused-ring (bicyclic) bond motifs is 1. The zero-order valence-electron chi connectivity index (χ0n) is 18.9. The summed E-state index contributed by atoms with van der Waals surface area (Å²) in [6.07, 6.45) is 6.24. The van der Waals surface area contributed by atoms with Crippen LogP contribution in [-0.4, -0.2) is 42.4 Å². The summed E-state index contributed by atoms with van der Waals surface area (Å²) in [6.45, 7) is 5.78. The minimum atomic E-state index is -0.0973. The van der Waals surface area contributed by atoms with Gasteiger partial charge in [-0.1, -0.05) is 43.2 Å². The van der Waals surface area contributed by atoms with Crippen LogP contribution < -0.4 is 10.2 Å². The molecule has 2 aromatic carbocycles. The molecule has 3 aromatic rings. The molecule has 1 aliphatic heterocycles. The number of aliphatic hydroxyl groups excluding tert-OH is 1. The number of aliphatic hydroxyl groups is 1. The fourth-order valence-electron chi connectivity index (χ4n) is 4.35. The molecule has 1 fully saturated rings. The van der Waals surface area contributed by atoms with Crippen LogP contribution in [0.25, 0.3) is 22.3 Å². The Balaban J connectivity index is 1.30. The van der Waals surface area contributed by atoms with Crippen molar-refractivity contribution in [1.82, 2.24) is 4.90 Å². The molecule has 0 atom stereocenters. The first-order valence-corrected chi connectivity index (χ1v) is 11.8. The van der Waals surface area contributed by atoms with Gasteiger partial charge in [0, 0.05) is 30.3 Å². The maximum absolute atomic E-state index is 12.6. The van der Waals surface area contributed by atoms with E-state index in [1.165, 1.54) is 12.8 Å². The van der Waals surface area contributed by atoms with Crippen LogP contribution in [0.1, 0.15) is 44.1 Å². The third-order valence-corrected chi connectivity index (χ3v) is 6.34. The lowest BCUT2D eigenvalue weighted by molar-refractivity contribution is 0.0817. The van der Waals surface area contributed by atoms with Crippen LogP contribution in [0, 0.1) is 6.92 Å². The number of benzene rings is 2. The molecule has 0 bridgehead atoms. The van der Waals surface area contributed by atoms with Crippen molar-refractivity contribution in [2.75, 3.05) is 26.2 Å². The summed E-state index contributed by atoms with van der Waals surface area (Å²) in [5.41, 5.74) is 2.31. The molecule has 1 N–H and O–H groups in total. The lowest BCUT2D eigenvalue weighted by atomic mass is 10.1. The Morgan fingerprint density at radius 2 is 1.78 bits per heavy atom. The number of unbranched alkanes of at least 4 members (excludes halogenated alkanes) is 3. The highest BCUT2D eigenvalue weighted by molar-refractivity contribution is 5.83. The van der Waals surface area contributed by atoms with E-state index in [9.17, 15) is 9.90 Å². The maximum Gasteiger partial charge on any atom is 0.193 e. The minimum absolute atomic E-state index is 0.0389. The number of ether oxygens (including phenoxy) is 1. The Labute approximate surface area is 189 Å². The summed E-state index contributed by atoms with van der Waals surface area (Å²) in [5, 5.41) is 10.2. The monoisotopic (exact) mass is 435 g/mol. The van der Waals surface area contributed by atoms with Gasteiger partial charge in [0.15, 0.2) is 5.43 Å². The first-order valence-electron chi connectivity index (χ1n) is 11.8. The Bertz CT molecular complexity index is 1070. The summed E-state index contributed by atoms with van der Waals surface area (Å²) < 4.78 is 12.2. The lowest BCUT2D eigenvalue weighted by Gasteiger charge is -2.29. The zero-order valence-corrected chi connectivity index (χ0v) is 18.9. The average molecular weight is 436 g/mol. The second kappa shape index (κ2) is 10.8. The van der Waals surface area contributed by atoms with Crippen LogP contribution in [0.5, 0.6) is 5.75 Å². The molecule has 170 valence electrons. The summed E-state index contributed by atoms with van der Waals surface area (Å²) in [6, 6.07) is 14.9. The second-order valence-corrected chi connectivity index (χ2v) is 8.74. The number of nitrogens with zero attached hydrogens (tertiary/aromatic N) is 1. The van der Waals surface area contributed by atoms with Gasteiger partial charge in [0.25, 0.3) is 0 Å². The quantitative estimate of drug-likeness (QED) is 0.470. The number of aryl methyl sites for hydroxylation is 1. The Kier molecular flexibility index (Phi) is 7.61. The standard InChI is InChI=1S/C27H33NO4/c1-20-25(31-18-8-3-2-7-15-28-16-13-22(29)14-17-28)12-11-23-24(30)19-26(32-27(20)23)21-9-5-4-6-10-21/h4-6,9-12,19,22,29H,2-3,7-8,13-18H2,1H3. The molecular weight excluding hydrogens is 402 g/mol. The van der Waals surface area contributed by atoms with E-state index in [1.807, 2.05) is 43.3 Å². The van der Waals surface area contributed by atoms with Gasteiger partial charge in [-0.3, -0.25) is 4.79 Å². The van der Waals surface area contributed by atoms with Gasteiger partial charge in [-0.05, 0) is 51.3 Å². The van der Waals surface area contributed by atoms with Crippen molar-refractivity contribution in [1.29, 1.82) is 0 Å². The van der Waals surface area contributed by atoms with Gasteiger partial charge in [0.2, 0.25) is 0 Å². The molecule has 1 aliphatic rings. The highest BCUT2D eigenvalue weighted by Gasteiger charge is 2.16. The summed E-state index contributed by atoms with van der Waals surface area (Å²) in [5.74, 6) is 1.35. The van der Waals surface area contributed by atoms with Crippen LogP contribution in [-0.2, 0) is 0 Å². The molecule has 5 nitrogen and oxygen atoms in total. The molecule has 1 saturated heterocycles. The molecule has 4 rings (SSSR count). The zero-order chi connectivity index (χ0) is 22.3. The van der Waals surface area contributed by atoms with Gasteiger partial charge >= 0.3 is 0 Å². The molecule has 0 unspecified atom stereocenters. The molecule has 0 aliphatic carbocycles. The van der Waals surface area contributed by atoms with E-state index >= 15 is 0 Å². The second-order valence-electron chi connectivity index (χ2n) is 8.74. The van der Waals surface area contributed by atoms with E-state index in [4.69, 9.17) is 9.15 Å². The SMILES string of the molecule is Cc1c(OCCCCCCN2CCC(O)CC2)ccc2c(=O)cc(-c3ccccc3)oc12. The molecule has 1 aromatic heterocycles. The van der Waals surface area contributed by atoms with Crippen LogP contribution in [0.3, 0.4) is 0 Å². The predicted octanol–water partition coefficient (Wildman–Crippen LogP) is 5.16. The first kappa shape index (κ1) is 22.6. The van der Waals surface area contributed by atoms with Crippen molar-refractivity contribution >= 4 is 11.0 Å². The number of hydrogen-bond donors (Lipinski definition) is 1. The minimum Gasteiger partial charge on any atom is -0.493 e. The number of likely N-dealkylation sites (tertiary alicyclic amines) is 1. The van der Waals surface area contributed by atoms with E-state index in [-0.39, 0.29) is 11.5 Å². The highest BCUT2D eigenvalue weighted by Crippen LogP contribution is 2.29. The van der Waals surface area contributed by atoms with E-state index in [1.54, 1.807) is 12.1 Å². The van der Waals surface area contributed by atoms with Gasteiger partial charge in [-0.15, -0.1) is 0 Å². The van der Waals surface area contributed by atoms with Gasteiger partial charge in [-0.25, -0.2) is 0 Å². The first-order chi connectivity index (χ1) is 15.6. The Morgan fingerprint density at radius 3 is 2.56 bits per heavy atom. The topological polar surface area (TPSA) is 62.9 Å². The van der Waals surface area contributed by atoms with Crippen molar-refractivity contribution in [2.45, 2.75) is 51.6 Å². The smallest absolute Gasteiger partial charge is 0.193 e. The fraction of sp³-hybridized carbons (Fsp3) is 0.444. The predicted molar refractivity (Wildman–Crippen MR) is 128 cm³/mol. The van der Waals surface area contributed by atoms with Crippen LogP contribution in [0.4, 0.5) is 0 Å². The molecule has 32 heavy (non-hydrogen) atoms. The molecule has 0 saturated carbocycles. The van der Waals surface area contributed by atoms with Crippen LogP contribution in [0.2, 0.25) is 0 Å². The lowest BCUT2D eigenvalue weighted by Crippen LogP contribution is -2.36. The summed E-state index contributed by atoms with van der Waals surface area (Å²) in [4.78, 5) is 15.1. The summed E-state index contributed by atoms with van der Waals surface area (Å²) in [7, 11) is 0. The Hall–Kier alpha value is -2.63. The van der Waals surface area contributed by atoms with Gasteiger partial charge in [-0.2, -0.15) is 0 Å². The van der Waals surface area contributed by atoms with Crippen molar-refractivity contribution < 1.29 is 14.3 Å². The van der Waals surface area contributed by atoms with Gasteiger partial charge in [0.1, 0.15) is 17.1 Å². The van der Waals surface area contributed by atoms with E-state index in [0.29, 0.717) is 23.3 Å². The average Bonchev–Trinajstić information content (AvgIpc) is 2.81. The van der Waals surface area contributed by atoms with Crippen molar-refractivity contribution in [3.8, 4) is 17.1 Å². The van der Waals surface area contributed by atoms with Crippen LogP contribution >= 0.6 is 0 Å². The molecule has 0 radical (unpaired) electrons. The number of piperidine rings is 1. The van der Waals surface area contributed by atoms with Crippen molar-refractivity contribution in [3.63, 3.8) is 0 Å². The highest BCUT2D eigenvalue weighted by atomic mass is 16.5. The molecule has 5 heteroatoms. The van der Waals surface area contributed by atoms with Crippen molar-refractivity contribution in [3.05, 3.63) is 64.3 Å².